The van der Waals surface area contributed by atoms with Crippen LogP contribution in [0.15, 0.2) is 24.3 Å². The summed E-state index contributed by atoms with van der Waals surface area (Å²) >= 11 is 0. The molecule has 3 nitrogen and oxygen atoms in total. The first-order valence-corrected chi connectivity index (χ1v) is 7.36. The largest absolute Gasteiger partial charge is 0.494 e. The molecule has 1 aromatic carbocycles. The fourth-order valence-corrected chi connectivity index (χ4v) is 2.00. The summed E-state index contributed by atoms with van der Waals surface area (Å²) in [6, 6.07) is 8.48. The van der Waals surface area contributed by atoms with Crippen LogP contribution in [0.5, 0.6) is 5.75 Å². The molecule has 0 saturated heterocycles. The first-order valence-electron chi connectivity index (χ1n) is 7.36. The number of nitrogens with one attached hydrogen (secondary N) is 1. The zero-order valence-electron chi connectivity index (χ0n) is 12.2. The molecule has 0 aliphatic rings. The van der Waals surface area contributed by atoms with Gasteiger partial charge in [-0.1, -0.05) is 32.4 Å². The van der Waals surface area contributed by atoms with Crippen molar-refractivity contribution in [1.82, 2.24) is 5.32 Å². The van der Waals surface area contributed by atoms with Gasteiger partial charge < -0.3 is 15.2 Å². The average molecular weight is 265 g/mol. The summed E-state index contributed by atoms with van der Waals surface area (Å²) in [6.45, 7) is 5.91. The van der Waals surface area contributed by atoms with Crippen LogP contribution in [0.25, 0.3) is 0 Å². The Hall–Kier alpha value is -1.06. The SMILES string of the molecule is CCCCc1ccc(OCCC(CO)NCC)cc1. The van der Waals surface area contributed by atoms with E-state index in [4.69, 9.17) is 9.84 Å². The van der Waals surface area contributed by atoms with Gasteiger partial charge in [0.1, 0.15) is 5.75 Å². The molecule has 0 fully saturated rings. The summed E-state index contributed by atoms with van der Waals surface area (Å²) in [5, 5.41) is 12.4. The second-order valence-electron chi connectivity index (χ2n) is 4.82. The van der Waals surface area contributed by atoms with Crippen LogP contribution < -0.4 is 10.1 Å². The number of unbranched alkanes of at least 4 members (excludes halogenated alkanes) is 1. The molecular formula is C16H27NO2. The quantitative estimate of drug-likeness (QED) is 0.683. The molecule has 3 heteroatoms. The highest BCUT2D eigenvalue weighted by molar-refractivity contribution is 5.27. The number of benzene rings is 1. The van der Waals surface area contributed by atoms with Crippen LogP contribution in [-0.4, -0.2) is 30.9 Å². The van der Waals surface area contributed by atoms with Crippen molar-refractivity contribution in [3.05, 3.63) is 29.8 Å². The van der Waals surface area contributed by atoms with Gasteiger partial charge in [0.25, 0.3) is 0 Å². The number of aliphatic hydroxyl groups is 1. The fourth-order valence-electron chi connectivity index (χ4n) is 2.00. The second kappa shape index (κ2) is 9.82. The van der Waals surface area contributed by atoms with Crippen molar-refractivity contribution in [2.75, 3.05) is 19.8 Å². The number of rotatable bonds is 10. The molecular weight excluding hydrogens is 238 g/mol. The molecule has 1 rings (SSSR count). The lowest BCUT2D eigenvalue weighted by Gasteiger charge is -2.15. The van der Waals surface area contributed by atoms with Gasteiger partial charge in [0.2, 0.25) is 0 Å². The summed E-state index contributed by atoms with van der Waals surface area (Å²) in [5.41, 5.74) is 1.37. The fraction of sp³-hybridized carbons (Fsp3) is 0.625. The number of ether oxygens (including phenoxy) is 1. The summed E-state index contributed by atoms with van der Waals surface area (Å²) < 4.78 is 5.69. The number of hydrogen-bond donors (Lipinski definition) is 2. The van der Waals surface area contributed by atoms with E-state index in [-0.39, 0.29) is 12.6 Å². The summed E-state index contributed by atoms with van der Waals surface area (Å²) in [6.07, 6.45) is 4.43. The first kappa shape index (κ1) is 16.0. The van der Waals surface area contributed by atoms with Crippen LogP contribution in [0.1, 0.15) is 38.7 Å². The number of aliphatic hydroxyl groups excluding tert-OH is 1. The van der Waals surface area contributed by atoms with Gasteiger partial charge in [-0.15, -0.1) is 0 Å². The van der Waals surface area contributed by atoms with Crippen LogP contribution in [-0.2, 0) is 6.42 Å². The molecule has 0 bridgehead atoms. The van der Waals surface area contributed by atoms with Gasteiger partial charge in [-0.2, -0.15) is 0 Å². The minimum Gasteiger partial charge on any atom is -0.494 e. The molecule has 1 aromatic rings. The van der Waals surface area contributed by atoms with Crippen LogP contribution >= 0.6 is 0 Å². The Balaban J connectivity index is 2.29. The van der Waals surface area contributed by atoms with Crippen molar-refractivity contribution in [3.63, 3.8) is 0 Å². The Morgan fingerprint density at radius 1 is 1.21 bits per heavy atom. The maximum atomic E-state index is 9.16. The zero-order chi connectivity index (χ0) is 13.9. The standard InChI is InChI=1S/C16H27NO2/c1-3-5-6-14-7-9-16(10-8-14)19-12-11-15(13-18)17-4-2/h7-10,15,17-18H,3-6,11-13H2,1-2H3. The third kappa shape index (κ3) is 6.60. The van der Waals surface area contributed by atoms with Gasteiger partial charge in [-0.05, 0) is 43.5 Å². The van der Waals surface area contributed by atoms with Gasteiger partial charge in [0.05, 0.1) is 13.2 Å². The molecule has 2 N–H and O–H groups in total. The van der Waals surface area contributed by atoms with E-state index >= 15 is 0 Å². The Morgan fingerprint density at radius 2 is 1.95 bits per heavy atom. The molecule has 0 saturated carbocycles. The molecule has 0 spiro atoms. The maximum Gasteiger partial charge on any atom is 0.119 e. The van der Waals surface area contributed by atoms with Crippen LogP contribution in [0.4, 0.5) is 0 Å². The average Bonchev–Trinajstić information content (AvgIpc) is 2.45. The van der Waals surface area contributed by atoms with Crippen molar-refractivity contribution >= 4 is 0 Å². The lowest BCUT2D eigenvalue weighted by atomic mass is 10.1. The molecule has 0 heterocycles. The predicted octanol–water partition coefficient (Wildman–Crippen LogP) is 2.77. The van der Waals surface area contributed by atoms with E-state index in [9.17, 15) is 0 Å². The maximum absolute atomic E-state index is 9.16. The van der Waals surface area contributed by atoms with E-state index < -0.39 is 0 Å². The monoisotopic (exact) mass is 265 g/mol. The van der Waals surface area contributed by atoms with Gasteiger partial charge in [-0.25, -0.2) is 0 Å². The predicted molar refractivity (Wildman–Crippen MR) is 79.7 cm³/mol. The van der Waals surface area contributed by atoms with E-state index in [0.717, 1.165) is 25.1 Å². The molecule has 0 aromatic heterocycles. The lowest BCUT2D eigenvalue weighted by molar-refractivity contribution is 0.210. The number of hydrogen-bond acceptors (Lipinski definition) is 3. The van der Waals surface area contributed by atoms with Crippen molar-refractivity contribution in [2.24, 2.45) is 0 Å². The highest BCUT2D eigenvalue weighted by Gasteiger charge is 2.05. The van der Waals surface area contributed by atoms with E-state index in [1.54, 1.807) is 0 Å². The highest BCUT2D eigenvalue weighted by atomic mass is 16.5. The zero-order valence-corrected chi connectivity index (χ0v) is 12.2. The number of likely N-dealkylation sites (N-methyl/N-ethyl adjacent to an activating group) is 1. The molecule has 1 unspecified atom stereocenters. The van der Waals surface area contributed by atoms with E-state index in [2.05, 4.69) is 24.4 Å². The number of aryl methyl sites for hydroxylation is 1. The first-order chi connectivity index (χ1) is 9.30. The van der Waals surface area contributed by atoms with E-state index in [0.29, 0.717) is 6.61 Å². The molecule has 0 aliphatic carbocycles. The summed E-state index contributed by atoms with van der Waals surface area (Å²) in [7, 11) is 0. The third-order valence-electron chi connectivity index (χ3n) is 3.19. The Kier molecular flexibility index (Phi) is 8.26. The van der Waals surface area contributed by atoms with Gasteiger partial charge >= 0.3 is 0 Å². The molecule has 108 valence electrons. The minimum absolute atomic E-state index is 0.133. The van der Waals surface area contributed by atoms with Gasteiger partial charge in [0, 0.05) is 6.04 Å². The van der Waals surface area contributed by atoms with Crippen molar-refractivity contribution < 1.29 is 9.84 Å². The van der Waals surface area contributed by atoms with Gasteiger partial charge in [0.15, 0.2) is 0 Å². The Morgan fingerprint density at radius 3 is 2.53 bits per heavy atom. The van der Waals surface area contributed by atoms with Crippen LogP contribution in [0.3, 0.4) is 0 Å². The Labute approximate surface area is 117 Å². The second-order valence-corrected chi connectivity index (χ2v) is 4.82. The van der Waals surface area contributed by atoms with E-state index in [1.807, 2.05) is 19.1 Å². The normalized spacial score (nSPS) is 12.4. The highest BCUT2D eigenvalue weighted by Crippen LogP contribution is 2.14. The van der Waals surface area contributed by atoms with Crippen molar-refractivity contribution in [3.8, 4) is 5.75 Å². The molecule has 19 heavy (non-hydrogen) atoms. The summed E-state index contributed by atoms with van der Waals surface area (Å²) in [4.78, 5) is 0. The van der Waals surface area contributed by atoms with Crippen molar-refractivity contribution in [1.29, 1.82) is 0 Å². The third-order valence-corrected chi connectivity index (χ3v) is 3.19. The minimum atomic E-state index is 0.133. The molecule has 0 radical (unpaired) electrons. The van der Waals surface area contributed by atoms with Crippen molar-refractivity contribution in [2.45, 2.75) is 45.6 Å². The van der Waals surface area contributed by atoms with Crippen LogP contribution in [0, 0.1) is 0 Å². The Bertz CT molecular complexity index is 324. The van der Waals surface area contributed by atoms with Gasteiger partial charge in [-0.3, -0.25) is 0 Å². The molecule has 1 atom stereocenters. The van der Waals surface area contributed by atoms with E-state index in [1.165, 1.54) is 18.4 Å². The lowest BCUT2D eigenvalue weighted by Crippen LogP contribution is -2.33. The molecule has 0 amide bonds. The molecule has 0 aliphatic heterocycles. The smallest absolute Gasteiger partial charge is 0.119 e. The topological polar surface area (TPSA) is 41.5 Å². The van der Waals surface area contributed by atoms with Crippen LogP contribution in [0.2, 0.25) is 0 Å². The summed E-state index contributed by atoms with van der Waals surface area (Å²) in [5.74, 6) is 0.911.